The van der Waals surface area contributed by atoms with E-state index in [2.05, 4.69) is 5.32 Å². The van der Waals surface area contributed by atoms with Gasteiger partial charge in [-0.05, 0) is 16.7 Å². The van der Waals surface area contributed by atoms with Gasteiger partial charge in [-0.15, -0.1) is 0 Å². The van der Waals surface area contributed by atoms with Crippen LogP contribution in [0.25, 0.3) is 0 Å². The van der Waals surface area contributed by atoms with Crippen molar-refractivity contribution in [2.75, 3.05) is 0 Å². The Bertz CT molecular complexity index is 1350. The molecule has 188 valence electrons. The van der Waals surface area contributed by atoms with Crippen LogP contribution in [0.3, 0.4) is 0 Å². The van der Waals surface area contributed by atoms with E-state index in [1.165, 1.54) is 0 Å². The number of aliphatic hydroxyl groups is 1. The Kier molecular flexibility index (Phi) is 6.62. The lowest BCUT2D eigenvalue weighted by atomic mass is 9.86. The monoisotopic (exact) mass is 516 g/mol. The van der Waals surface area contributed by atoms with Crippen LogP contribution in [-0.4, -0.2) is 53.8 Å². The number of carbonyl (C=O) groups is 3. The lowest BCUT2D eigenvalue weighted by molar-refractivity contribution is -0.151. The molecule has 0 bridgehead atoms. The summed E-state index contributed by atoms with van der Waals surface area (Å²) in [5.41, 5.74) is 1.59. The van der Waals surface area contributed by atoms with E-state index < -0.39 is 62.6 Å². The highest BCUT2D eigenvalue weighted by atomic mass is 32.2. The molecule has 3 unspecified atom stereocenters. The van der Waals surface area contributed by atoms with Crippen molar-refractivity contribution in [2.45, 2.75) is 29.0 Å². The predicted octanol–water partition coefficient (Wildman–Crippen LogP) is 2.70. The maximum atomic E-state index is 14.0. The van der Waals surface area contributed by atoms with Gasteiger partial charge in [-0.25, -0.2) is 4.79 Å². The highest BCUT2D eigenvalue weighted by Gasteiger charge is 2.61. The van der Waals surface area contributed by atoms with Crippen molar-refractivity contribution in [2.24, 2.45) is 0 Å². The van der Waals surface area contributed by atoms with Gasteiger partial charge in [-0.1, -0.05) is 91.0 Å². The second kappa shape index (κ2) is 10.0. The molecule has 9 heteroatoms. The average molecular weight is 517 g/mol. The fraction of sp³-hybridized carbons (Fsp3) is 0.179. The Morgan fingerprint density at radius 2 is 1.41 bits per heavy atom. The van der Waals surface area contributed by atoms with E-state index in [0.29, 0.717) is 0 Å². The molecule has 3 N–H and O–H groups in total. The summed E-state index contributed by atoms with van der Waals surface area (Å²) in [5.74, 6) is -3.96. The number of nitrogens with zero attached hydrogens (tertiary/aromatic N) is 1. The molecule has 3 aromatic rings. The summed E-state index contributed by atoms with van der Waals surface area (Å²) in [6, 6.07) is 25.9. The van der Waals surface area contributed by atoms with Gasteiger partial charge in [0.25, 0.3) is 5.91 Å². The van der Waals surface area contributed by atoms with Crippen molar-refractivity contribution < 1.29 is 28.8 Å². The smallest absolute Gasteiger partial charge is 0.356 e. The molecule has 37 heavy (non-hydrogen) atoms. The van der Waals surface area contributed by atoms with Crippen molar-refractivity contribution in [3.8, 4) is 0 Å². The first-order valence-electron chi connectivity index (χ1n) is 11.7. The number of rotatable bonds is 7. The number of hydrogen-bond donors (Lipinski definition) is 3. The van der Waals surface area contributed by atoms with Crippen molar-refractivity contribution in [3.05, 3.63) is 119 Å². The summed E-state index contributed by atoms with van der Waals surface area (Å²) in [6.07, 6.45) is 0.0108. The van der Waals surface area contributed by atoms with Crippen LogP contribution in [0.2, 0.25) is 0 Å². The number of hydrogen-bond acceptors (Lipinski definition) is 5. The highest BCUT2D eigenvalue weighted by molar-refractivity contribution is 7.86. The molecule has 2 aliphatic rings. The average Bonchev–Trinajstić information content (AvgIpc) is 2.91. The normalized spacial score (nSPS) is 22.8. The standard InChI is InChI=1S/C28H24N2O6S/c31-20(16-17-10-4-1-5-11-17)29-22-26(33)30-23(28(34)35)24(32)25(37(36)27(22)30)21(18-12-6-2-7-13-18)19-14-8-3-9-15-19/h1-15,21-22,25,27,32H,16H2,(H,29,31)(H,34,35)/t22?,25?,27-,37?/m1/s1. The molecule has 2 aliphatic heterocycles. The Hall–Kier alpha value is -4.24. The number of amides is 2. The zero-order valence-corrected chi connectivity index (χ0v) is 20.4. The Morgan fingerprint density at radius 3 is 1.92 bits per heavy atom. The zero-order valence-electron chi connectivity index (χ0n) is 19.6. The number of fused-ring (bicyclic) bond motifs is 1. The van der Waals surface area contributed by atoms with E-state index in [4.69, 9.17) is 0 Å². The van der Waals surface area contributed by atoms with Crippen LogP contribution < -0.4 is 5.32 Å². The third kappa shape index (κ3) is 4.42. The largest absolute Gasteiger partial charge is 0.509 e. The van der Waals surface area contributed by atoms with E-state index >= 15 is 0 Å². The number of carboxylic acids is 1. The molecule has 0 radical (unpaired) electrons. The third-order valence-corrected chi connectivity index (χ3v) is 8.59. The molecule has 5 rings (SSSR count). The molecule has 3 aromatic carbocycles. The van der Waals surface area contributed by atoms with Gasteiger partial charge in [0.1, 0.15) is 22.4 Å². The molecule has 1 saturated heterocycles. The van der Waals surface area contributed by atoms with Crippen LogP contribution >= 0.6 is 0 Å². The number of benzene rings is 3. The first-order valence-corrected chi connectivity index (χ1v) is 13.0. The van der Waals surface area contributed by atoms with Gasteiger partial charge in [-0.2, -0.15) is 0 Å². The Balaban J connectivity index is 1.53. The van der Waals surface area contributed by atoms with E-state index in [-0.39, 0.29) is 6.42 Å². The summed E-state index contributed by atoms with van der Waals surface area (Å²) >= 11 is 0. The molecular formula is C28H24N2O6S. The maximum absolute atomic E-state index is 14.0. The zero-order chi connectivity index (χ0) is 26.1. The van der Waals surface area contributed by atoms with Crippen LogP contribution in [-0.2, 0) is 31.6 Å². The van der Waals surface area contributed by atoms with Gasteiger partial charge in [0.05, 0.1) is 17.2 Å². The molecule has 4 atom stereocenters. The van der Waals surface area contributed by atoms with Gasteiger partial charge in [0.2, 0.25) is 5.91 Å². The number of carbonyl (C=O) groups excluding carboxylic acids is 2. The quantitative estimate of drug-likeness (QED) is 0.415. The molecule has 0 spiro atoms. The van der Waals surface area contributed by atoms with E-state index in [9.17, 15) is 28.8 Å². The molecular weight excluding hydrogens is 492 g/mol. The number of aliphatic carboxylic acids is 1. The number of nitrogens with one attached hydrogen (secondary N) is 1. The van der Waals surface area contributed by atoms with Crippen molar-refractivity contribution in [1.82, 2.24) is 10.2 Å². The van der Waals surface area contributed by atoms with Gasteiger partial charge in [0.15, 0.2) is 5.70 Å². The summed E-state index contributed by atoms with van der Waals surface area (Å²) in [4.78, 5) is 38.8. The van der Waals surface area contributed by atoms with Crippen LogP contribution in [0.5, 0.6) is 0 Å². The summed E-state index contributed by atoms with van der Waals surface area (Å²) < 4.78 is 14.0. The lowest BCUT2D eigenvalue weighted by Crippen LogP contribution is -2.75. The summed E-state index contributed by atoms with van der Waals surface area (Å²) in [6.45, 7) is 0. The lowest BCUT2D eigenvalue weighted by Gasteiger charge is -2.51. The van der Waals surface area contributed by atoms with Gasteiger partial charge in [-0.3, -0.25) is 18.7 Å². The predicted molar refractivity (Wildman–Crippen MR) is 137 cm³/mol. The molecule has 2 amide bonds. The van der Waals surface area contributed by atoms with Crippen molar-refractivity contribution in [3.63, 3.8) is 0 Å². The molecule has 0 aromatic heterocycles. The molecule has 1 fully saturated rings. The number of β-lactam (4-membered cyclic amide) rings is 1. The number of aliphatic hydroxyl groups excluding tert-OH is 1. The van der Waals surface area contributed by atoms with E-state index in [1.54, 1.807) is 24.3 Å². The van der Waals surface area contributed by atoms with Crippen molar-refractivity contribution >= 4 is 28.6 Å². The molecule has 2 heterocycles. The summed E-state index contributed by atoms with van der Waals surface area (Å²) in [7, 11) is -1.96. The maximum Gasteiger partial charge on any atom is 0.356 e. The first-order chi connectivity index (χ1) is 17.9. The first kappa shape index (κ1) is 24.5. The second-order valence-corrected chi connectivity index (χ2v) is 10.5. The molecule has 0 saturated carbocycles. The fourth-order valence-corrected chi connectivity index (χ4v) is 7.05. The van der Waals surface area contributed by atoms with Crippen LogP contribution in [0.1, 0.15) is 22.6 Å². The van der Waals surface area contributed by atoms with Crippen LogP contribution in [0, 0.1) is 0 Å². The Morgan fingerprint density at radius 1 is 0.892 bits per heavy atom. The summed E-state index contributed by atoms with van der Waals surface area (Å²) in [5, 5.41) is 21.5. The van der Waals surface area contributed by atoms with E-state index in [1.807, 2.05) is 66.7 Å². The topological polar surface area (TPSA) is 124 Å². The van der Waals surface area contributed by atoms with Gasteiger partial charge < -0.3 is 15.5 Å². The van der Waals surface area contributed by atoms with Gasteiger partial charge in [0, 0.05) is 5.92 Å². The fourth-order valence-electron chi connectivity index (χ4n) is 4.96. The third-order valence-electron chi connectivity index (χ3n) is 6.63. The minimum absolute atomic E-state index is 0.0108. The molecule has 0 aliphatic carbocycles. The van der Waals surface area contributed by atoms with Crippen LogP contribution in [0.4, 0.5) is 0 Å². The highest BCUT2D eigenvalue weighted by Crippen LogP contribution is 2.44. The van der Waals surface area contributed by atoms with Gasteiger partial charge >= 0.3 is 5.97 Å². The SMILES string of the molecule is O=C(Cc1ccccc1)NC1C(=O)N2C(C(=O)O)=C(O)C(C(c3ccccc3)c3ccccc3)S(=O)[C@H]12. The Labute approximate surface area is 215 Å². The van der Waals surface area contributed by atoms with Crippen LogP contribution in [0.15, 0.2) is 102 Å². The number of carboxylic acid groups (broad SMARTS) is 1. The minimum atomic E-state index is -1.96. The minimum Gasteiger partial charge on any atom is -0.509 e. The van der Waals surface area contributed by atoms with Crippen molar-refractivity contribution in [1.29, 1.82) is 0 Å². The molecule has 8 nitrogen and oxygen atoms in total. The van der Waals surface area contributed by atoms with E-state index in [0.717, 1.165) is 21.6 Å². The second-order valence-electron chi connectivity index (χ2n) is 8.89.